The highest BCUT2D eigenvalue weighted by Crippen LogP contribution is 2.14. The Bertz CT molecular complexity index is 313. The summed E-state index contributed by atoms with van der Waals surface area (Å²) >= 11 is 0. The molecule has 3 nitrogen and oxygen atoms in total. The van der Waals surface area contributed by atoms with Crippen LogP contribution in [0.3, 0.4) is 0 Å². The molecule has 0 aromatic heterocycles. The Morgan fingerprint density at radius 3 is 1.77 bits per heavy atom. The summed E-state index contributed by atoms with van der Waals surface area (Å²) in [5.41, 5.74) is 0. The summed E-state index contributed by atoms with van der Waals surface area (Å²) in [5, 5.41) is 3.01. The van der Waals surface area contributed by atoms with Gasteiger partial charge in [-0.2, -0.15) is 0 Å². The number of carbonyl (C=O) groups excluding carboxylic acids is 1. The first-order chi connectivity index (χ1) is 12.8. The van der Waals surface area contributed by atoms with Crippen LogP contribution in [0.15, 0.2) is 0 Å². The van der Waals surface area contributed by atoms with Gasteiger partial charge in [0.25, 0.3) is 0 Å². The van der Waals surface area contributed by atoms with Gasteiger partial charge in [-0.3, -0.25) is 4.79 Å². The number of rotatable bonds is 18. The average molecular weight is 368 g/mol. The summed E-state index contributed by atoms with van der Waals surface area (Å²) in [6, 6.07) is 0. The van der Waals surface area contributed by atoms with Crippen molar-refractivity contribution in [2.75, 3.05) is 13.2 Å². The van der Waals surface area contributed by atoms with E-state index in [0.29, 0.717) is 13.0 Å². The first kappa shape index (κ1) is 23.5. The molecule has 0 spiro atoms. The summed E-state index contributed by atoms with van der Waals surface area (Å²) < 4.78 is 5.52. The van der Waals surface area contributed by atoms with Gasteiger partial charge in [-0.05, 0) is 19.3 Å². The molecule has 0 radical (unpaired) electrons. The van der Waals surface area contributed by atoms with E-state index < -0.39 is 0 Å². The van der Waals surface area contributed by atoms with Gasteiger partial charge in [-0.15, -0.1) is 0 Å². The molecule has 0 bridgehead atoms. The minimum atomic E-state index is 0.204. The second kappa shape index (κ2) is 17.8. The summed E-state index contributed by atoms with van der Waals surface area (Å²) in [6.07, 6.45) is 23.7. The van der Waals surface area contributed by atoms with Crippen molar-refractivity contribution < 1.29 is 9.53 Å². The van der Waals surface area contributed by atoms with Gasteiger partial charge in [0.05, 0.1) is 6.10 Å². The highest BCUT2D eigenvalue weighted by atomic mass is 16.5. The molecule has 0 aromatic carbocycles. The molecule has 1 heterocycles. The molecule has 1 fully saturated rings. The summed E-state index contributed by atoms with van der Waals surface area (Å²) in [6.45, 7) is 3.85. The van der Waals surface area contributed by atoms with Crippen LogP contribution in [0.25, 0.3) is 0 Å². The van der Waals surface area contributed by atoms with E-state index in [-0.39, 0.29) is 12.0 Å². The Hall–Kier alpha value is -0.570. The lowest BCUT2D eigenvalue weighted by Crippen LogP contribution is -2.31. The van der Waals surface area contributed by atoms with Gasteiger partial charge in [0.15, 0.2) is 0 Å². The molecule has 1 atom stereocenters. The Morgan fingerprint density at radius 2 is 1.31 bits per heavy atom. The summed E-state index contributed by atoms with van der Waals surface area (Å²) in [4.78, 5) is 11.8. The Balaban J connectivity index is 1.70. The molecule has 154 valence electrons. The van der Waals surface area contributed by atoms with Crippen LogP contribution in [0, 0.1) is 0 Å². The van der Waals surface area contributed by atoms with Crippen molar-refractivity contribution >= 4 is 5.91 Å². The fraction of sp³-hybridized carbons (Fsp3) is 0.957. The van der Waals surface area contributed by atoms with Crippen molar-refractivity contribution in [3.05, 3.63) is 0 Å². The predicted octanol–water partition coefficient (Wildman–Crippen LogP) is 6.54. The van der Waals surface area contributed by atoms with E-state index in [4.69, 9.17) is 4.74 Å². The van der Waals surface area contributed by atoms with Gasteiger partial charge < -0.3 is 10.1 Å². The molecule has 1 amide bonds. The minimum Gasteiger partial charge on any atom is -0.376 e. The van der Waals surface area contributed by atoms with Gasteiger partial charge in [0.1, 0.15) is 0 Å². The molecule has 0 saturated carbocycles. The van der Waals surface area contributed by atoms with Gasteiger partial charge in [-0.25, -0.2) is 0 Å². The summed E-state index contributed by atoms with van der Waals surface area (Å²) in [7, 11) is 0. The van der Waals surface area contributed by atoms with Gasteiger partial charge in [0, 0.05) is 19.6 Å². The van der Waals surface area contributed by atoms with E-state index in [2.05, 4.69) is 12.2 Å². The molecule has 1 N–H and O–H groups in total. The smallest absolute Gasteiger partial charge is 0.220 e. The zero-order valence-corrected chi connectivity index (χ0v) is 17.5. The lowest BCUT2D eigenvalue weighted by atomic mass is 10.0. The SMILES string of the molecule is CCCCCCCCCCCCCCCCCC(=O)NC[C@@H]1CCCO1. The Morgan fingerprint density at radius 1 is 0.808 bits per heavy atom. The highest BCUT2D eigenvalue weighted by Gasteiger charge is 2.15. The van der Waals surface area contributed by atoms with Crippen LogP contribution in [-0.2, 0) is 9.53 Å². The number of hydrogen-bond donors (Lipinski definition) is 1. The quantitative estimate of drug-likeness (QED) is 0.279. The zero-order valence-electron chi connectivity index (χ0n) is 17.5. The molecule has 0 aliphatic carbocycles. The van der Waals surface area contributed by atoms with E-state index in [1.54, 1.807) is 0 Å². The number of nitrogens with one attached hydrogen (secondary N) is 1. The van der Waals surface area contributed by atoms with E-state index in [9.17, 15) is 4.79 Å². The van der Waals surface area contributed by atoms with Crippen LogP contribution in [0.1, 0.15) is 122 Å². The topological polar surface area (TPSA) is 38.3 Å². The summed E-state index contributed by atoms with van der Waals surface area (Å²) in [5.74, 6) is 0.204. The number of ether oxygens (including phenoxy) is 1. The zero-order chi connectivity index (χ0) is 18.7. The van der Waals surface area contributed by atoms with Crippen LogP contribution >= 0.6 is 0 Å². The largest absolute Gasteiger partial charge is 0.376 e. The molecule has 0 unspecified atom stereocenters. The van der Waals surface area contributed by atoms with Crippen LogP contribution < -0.4 is 5.32 Å². The van der Waals surface area contributed by atoms with Crippen LogP contribution in [0.5, 0.6) is 0 Å². The van der Waals surface area contributed by atoms with E-state index >= 15 is 0 Å². The van der Waals surface area contributed by atoms with Crippen molar-refractivity contribution in [2.24, 2.45) is 0 Å². The molecule has 1 aliphatic heterocycles. The molecular formula is C23H45NO2. The molecule has 1 rings (SSSR count). The van der Waals surface area contributed by atoms with Crippen molar-refractivity contribution in [1.29, 1.82) is 0 Å². The first-order valence-electron chi connectivity index (χ1n) is 11.7. The lowest BCUT2D eigenvalue weighted by Gasteiger charge is -2.10. The normalized spacial score (nSPS) is 16.9. The molecular weight excluding hydrogens is 322 g/mol. The Kier molecular flexibility index (Phi) is 16.1. The second-order valence-electron chi connectivity index (χ2n) is 8.14. The van der Waals surface area contributed by atoms with E-state index in [1.165, 1.54) is 89.9 Å². The van der Waals surface area contributed by atoms with E-state index in [0.717, 1.165) is 25.9 Å². The second-order valence-corrected chi connectivity index (χ2v) is 8.14. The molecule has 3 heteroatoms. The third-order valence-electron chi connectivity index (χ3n) is 5.56. The maximum Gasteiger partial charge on any atom is 0.220 e. The highest BCUT2D eigenvalue weighted by molar-refractivity contribution is 5.75. The fourth-order valence-electron chi connectivity index (χ4n) is 3.78. The van der Waals surface area contributed by atoms with Crippen molar-refractivity contribution in [1.82, 2.24) is 5.32 Å². The molecule has 26 heavy (non-hydrogen) atoms. The van der Waals surface area contributed by atoms with Crippen LogP contribution in [0.2, 0.25) is 0 Å². The lowest BCUT2D eigenvalue weighted by molar-refractivity contribution is -0.121. The molecule has 0 aromatic rings. The number of hydrogen-bond acceptors (Lipinski definition) is 2. The molecule has 1 saturated heterocycles. The van der Waals surface area contributed by atoms with Crippen LogP contribution in [0.4, 0.5) is 0 Å². The minimum absolute atomic E-state index is 0.204. The fourth-order valence-corrected chi connectivity index (χ4v) is 3.78. The monoisotopic (exact) mass is 367 g/mol. The average Bonchev–Trinajstić information content (AvgIpc) is 3.17. The van der Waals surface area contributed by atoms with Gasteiger partial charge in [0.2, 0.25) is 5.91 Å². The van der Waals surface area contributed by atoms with Gasteiger partial charge >= 0.3 is 0 Å². The van der Waals surface area contributed by atoms with Crippen LogP contribution in [-0.4, -0.2) is 25.2 Å². The first-order valence-corrected chi connectivity index (χ1v) is 11.7. The van der Waals surface area contributed by atoms with E-state index in [1.807, 2.05) is 0 Å². The van der Waals surface area contributed by atoms with Crippen molar-refractivity contribution in [3.63, 3.8) is 0 Å². The maximum atomic E-state index is 11.8. The number of unbranched alkanes of at least 4 members (excludes halogenated alkanes) is 14. The number of amides is 1. The van der Waals surface area contributed by atoms with Crippen molar-refractivity contribution in [3.8, 4) is 0 Å². The third-order valence-corrected chi connectivity index (χ3v) is 5.56. The Labute approximate surface area is 163 Å². The van der Waals surface area contributed by atoms with Gasteiger partial charge in [-0.1, -0.05) is 96.8 Å². The standard InChI is InChI=1S/C23H45NO2/c1-2-3-4-5-6-7-8-9-10-11-12-13-14-15-16-19-23(25)24-21-22-18-17-20-26-22/h22H,2-21H2,1H3,(H,24,25)/t22-/m0/s1. The predicted molar refractivity (Wildman–Crippen MR) is 112 cm³/mol. The number of carbonyl (C=O) groups is 1. The molecule has 1 aliphatic rings. The third kappa shape index (κ3) is 14.6. The maximum absolute atomic E-state index is 11.8. The van der Waals surface area contributed by atoms with Crippen molar-refractivity contribution in [2.45, 2.75) is 129 Å².